The van der Waals surface area contributed by atoms with Gasteiger partial charge in [0.15, 0.2) is 0 Å². The Bertz CT molecular complexity index is 525. The molecule has 0 aliphatic rings. The molecule has 1 aromatic carbocycles. The number of rotatable bonds is 5. The van der Waals surface area contributed by atoms with Crippen molar-refractivity contribution < 1.29 is 4.74 Å². The first-order chi connectivity index (χ1) is 8.66. The molecule has 5 heteroatoms. The van der Waals surface area contributed by atoms with E-state index in [9.17, 15) is 0 Å². The molecule has 0 amide bonds. The summed E-state index contributed by atoms with van der Waals surface area (Å²) in [5.74, 6) is 0.965. The Morgan fingerprint density at radius 3 is 2.83 bits per heavy atom. The highest BCUT2D eigenvalue weighted by molar-refractivity contribution is 7.15. The largest absolute Gasteiger partial charge is 0.493 e. The normalized spacial score (nSPS) is 10.6. The molecule has 18 heavy (non-hydrogen) atoms. The molecule has 0 fully saturated rings. The number of ether oxygens (including phenoxy) is 1. The third-order valence-electron chi connectivity index (χ3n) is 2.83. The molecule has 2 rings (SSSR count). The van der Waals surface area contributed by atoms with Gasteiger partial charge in [0, 0.05) is 6.42 Å². The molecule has 1 heterocycles. The monoisotopic (exact) mass is 263 g/mol. The maximum absolute atomic E-state index is 5.77. The van der Waals surface area contributed by atoms with E-state index in [0.717, 1.165) is 23.6 Å². The van der Waals surface area contributed by atoms with Crippen molar-refractivity contribution in [3.8, 4) is 5.75 Å². The first kappa shape index (κ1) is 12.8. The maximum Gasteiger partial charge on any atom is 0.203 e. The van der Waals surface area contributed by atoms with Crippen LogP contribution in [0.25, 0.3) is 0 Å². The second-order valence-corrected chi connectivity index (χ2v) is 5.28. The van der Waals surface area contributed by atoms with Crippen molar-refractivity contribution in [1.29, 1.82) is 0 Å². The highest BCUT2D eigenvalue weighted by atomic mass is 32.1. The van der Waals surface area contributed by atoms with Crippen molar-refractivity contribution in [2.24, 2.45) is 0 Å². The Morgan fingerprint density at radius 1 is 1.28 bits per heavy atom. The fraction of sp³-hybridized carbons (Fsp3) is 0.385. The van der Waals surface area contributed by atoms with E-state index in [-0.39, 0.29) is 0 Å². The van der Waals surface area contributed by atoms with Crippen molar-refractivity contribution >= 4 is 16.5 Å². The Hall–Kier alpha value is -1.62. The minimum Gasteiger partial charge on any atom is -0.493 e. The smallest absolute Gasteiger partial charge is 0.203 e. The van der Waals surface area contributed by atoms with Crippen LogP contribution in [0.15, 0.2) is 18.2 Å². The summed E-state index contributed by atoms with van der Waals surface area (Å²) >= 11 is 1.44. The van der Waals surface area contributed by atoms with Crippen molar-refractivity contribution in [2.75, 3.05) is 12.3 Å². The third kappa shape index (κ3) is 3.20. The SMILES string of the molecule is Cc1cccc(OCCCc2nnc(N)s2)c1C. The minimum atomic E-state index is 0.528. The Morgan fingerprint density at radius 2 is 2.11 bits per heavy atom. The molecule has 0 saturated carbocycles. The maximum atomic E-state index is 5.77. The lowest BCUT2D eigenvalue weighted by atomic mass is 10.1. The van der Waals surface area contributed by atoms with E-state index in [4.69, 9.17) is 10.5 Å². The first-order valence-corrected chi connectivity index (χ1v) is 6.75. The van der Waals surface area contributed by atoms with Gasteiger partial charge in [-0.15, -0.1) is 10.2 Å². The average Bonchev–Trinajstić information content (AvgIpc) is 2.76. The molecule has 0 bridgehead atoms. The van der Waals surface area contributed by atoms with Crippen LogP contribution >= 0.6 is 11.3 Å². The van der Waals surface area contributed by atoms with Crippen LogP contribution in [0.2, 0.25) is 0 Å². The zero-order chi connectivity index (χ0) is 13.0. The van der Waals surface area contributed by atoms with Crippen LogP contribution in [0.1, 0.15) is 22.6 Å². The third-order valence-corrected chi connectivity index (χ3v) is 3.64. The molecule has 0 spiro atoms. The van der Waals surface area contributed by atoms with E-state index in [1.165, 1.54) is 22.5 Å². The number of anilines is 1. The molecule has 0 saturated heterocycles. The van der Waals surface area contributed by atoms with Gasteiger partial charge in [-0.3, -0.25) is 0 Å². The summed E-state index contributed by atoms with van der Waals surface area (Å²) in [4.78, 5) is 0. The van der Waals surface area contributed by atoms with Crippen LogP contribution < -0.4 is 10.5 Å². The summed E-state index contributed by atoms with van der Waals surface area (Å²) in [5.41, 5.74) is 7.98. The van der Waals surface area contributed by atoms with Gasteiger partial charge in [-0.25, -0.2) is 0 Å². The number of aromatic nitrogens is 2. The van der Waals surface area contributed by atoms with Crippen LogP contribution in [0.4, 0.5) is 5.13 Å². The zero-order valence-corrected chi connectivity index (χ0v) is 11.5. The predicted molar refractivity (Wildman–Crippen MR) is 74.1 cm³/mol. The van der Waals surface area contributed by atoms with Crippen molar-refractivity contribution in [1.82, 2.24) is 10.2 Å². The summed E-state index contributed by atoms with van der Waals surface area (Å²) < 4.78 is 5.77. The van der Waals surface area contributed by atoms with Gasteiger partial charge >= 0.3 is 0 Å². The summed E-state index contributed by atoms with van der Waals surface area (Å²) in [5, 5.41) is 9.26. The van der Waals surface area contributed by atoms with E-state index < -0.39 is 0 Å². The fourth-order valence-electron chi connectivity index (χ4n) is 1.65. The summed E-state index contributed by atoms with van der Waals surface area (Å²) in [6.07, 6.45) is 1.78. The fourth-order valence-corrected chi connectivity index (χ4v) is 2.30. The molecule has 2 aromatic rings. The van der Waals surface area contributed by atoms with Gasteiger partial charge in [0.05, 0.1) is 6.61 Å². The first-order valence-electron chi connectivity index (χ1n) is 5.93. The standard InChI is InChI=1S/C13H17N3OS/c1-9-5-3-6-11(10(9)2)17-8-4-7-12-15-16-13(14)18-12/h3,5-6H,4,7-8H2,1-2H3,(H2,14,16). The molecule has 96 valence electrons. The van der Waals surface area contributed by atoms with Gasteiger partial charge in [0.1, 0.15) is 10.8 Å². The molecule has 0 atom stereocenters. The molecule has 1 aromatic heterocycles. The van der Waals surface area contributed by atoms with Gasteiger partial charge in [-0.2, -0.15) is 0 Å². The average molecular weight is 263 g/mol. The summed E-state index contributed by atoms with van der Waals surface area (Å²) in [6.45, 7) is 4.85. The number of nitrogens with zero attached hydrogens (tertiary/aromatic N) is 2. The van der Waals surface area contributed by atoms with E-state index in [1.54, 1.807) is 0 Å². The van der Waals surface area contributed by atoms with Crippen LogP contribution in [0.3, 0.4) is 0 Å². The lowest BCUT2D eigenvalue weighted by molar-refractivity contribution is 0.308. The highest BCUT2D eigenvalue weighted by Crippen LogP contribution is 2.21. The van der Waals surface area contributed by atoms with Crippen molar-refractivity contribution in [2.45, 2.75) is 26.7 Å². The molecule has 0 aliphatic heterocycles. The number of hydrogen-bond acceptors (Lipinski definition) is 5. The summed E-state index contributed by atoms with van der Waals surface area (Å²) in [7, 11) is 0. The Kier molecular flexibility index (Phi) is 4.15. The van der Waals surface area contributed by atoms with Gasteiger partial charge in [-0.05, 0) is 37.5 Å². The second-order valence-electron chi connectivity index (χ2n) is 4.18. The van der Waals surface area contributed by atoms with E-state index in [2.05, 4.69) is 30.1 Å². The molecule has 0 radical (unpaired) electrons. The molecule has 0 aliphatic carbocycles. The lowest BCUT2D eigenvalue weighted by Gasteiger charge is -2.10. The molecule has 4 nitrogen and oxygen atoms in total. The number of nitrogens with two attached hydrogens (primary N) is 1. The van der Waals surface area contributed by atoms with Crippen LogP contribution in [-0.2, 0) is 6.42 Å². The predicted octanol–water partition coefficient (Wildman–Crippen LogP) is 2.75. The number of nitrogen functional groups attached to an aromatic ring is 1. The molecular weight excluding hydrogens is 246 g/mol. The lowest BCUT2D eigenvalue weighted by Crippen LogP contribution is -2.01. The van der Waals surface area contributed by atoms with Gasteiger partial charge in [-0.1, -0.05) is 23.5 Å². The summed E-state index contributed by atoms with van der Waals surface area (Å²) in [6, 6.07) is 6.11. The molecular formula is C13H17N3OS. The van der Waals surface area contributed by atoms with Gasteiger partial charge in [0.25, 0.3) is 0 Å². The minimum absolute atomic E-state index is 0.528. The number of aryl methyl sites for hydroxylation is 2. The van der Waals surface area contributed by atoms with Crippen LogP contribution in [0, 0.1) is 13.8 Å². The van der Waals surface area contributed by atoms with Crippen LogP contribution in [-0.4, -0.2) is 16.8 Å². The van der Waals surface area contributed by atoms with E-state index in [0.29, 0.717) is 11.7 Å². The van der Waals surface area contributed by atoms with E-state index in [1.807, 2.05) is 12.1 Å². The van der Waals surface area contributed by atoms with E-state index >= 15 is 0 Å². The van der Waals surface area contributed by atoms with Gasteiger partial charge < -0.3 is 10.5 Å². The zero-order valence-electron chi connectivity index (χ0n) is 10.6. The highest BCUT2D eigenvalue weighted by Gasteiger charge is 2.03. The number of hydrogen-bond donors (Lipinski definition) is 1. The topological polar surface area (TPSA) is 61.0 Å². The Balaban J connectivity index is 1.80. The molecule has 2 N–H and O–H groups in total. The quantitative estimate of drug-likeness (QED) is 0.843. The van der Waals surface area contributed by atoms with Crippen LogP contribution in [0.5, 0.6) is 5.75 Å². The number of benzene rings is 1. The van der Waals surface area contributed by atoms with Crippen molar-refractivity contribution in [3.63, 3.8) is 0 Å². The van der Waals surface area contributed by atoms with Crippen molar-refractivity contribution in [3.05, 3.63) is 34.3 Å². The van der Waals surface area contributed by atoms with Gasteiger partial charge in [0.2, 0.25) is 5.13 Å². The Labute approximate surface area is 111 Å². The molecule has 0 unspecified atom stereocenters. The second kappa shape index (κ2) is 5.82.